The number of hydrogen-bond acceptors (Lipinski definition) is 4. The smallest absolute Gasteiger partial charge is 0.435 e. The van der Waals surface area contributed by atoms with E-state index in [9.17, 15) is 18.0 Å². The van der Waals surface area contributed by atoms with Crippen molar-refractivity contribution in [1.29, 1.82) is 0 Å². The van der Waals surface area contributed by atoms with Crippen LogP contribution in [0.5, 0.6) is 5.88 Å². The van der Waals surface area contributed by atoms with Crippen molar-refractivity contribution in [3.05, 3.63) is 41.3 Å². The Morgan fingerprint density at radius 2 is 2.14 bits per heavy atom. The lowest BCUT2D eigenvalue weighted by molar-refractivity contribution is -0.142. The molecule has 2 aromatic heterocycles. The molecule has 0 aliphatic heterocycles. The second-order valence-electron chi connectivity index (χ2n) is 6.53. The van der Waals surface area contributed by atoms with Crippen molar-refractivity contribution in [2.24, 2.45) is 7.05 Å². The molecule has 0 radical (unpaired) electrons. The molecule has 2 amide bonds. The molecule has 0 saturated carbocycles. The summed E-state index contributed by atoms with van der Waals surface area (Å²) in [4.78, 5) is 17.5. The van der Waals surface area contributed by atoms with Crippen molar-refractivity contribution in [3.63, 3.8) is 0 Å². The first-order valence-electron chi connectivity index (χ1n) is 8.80. The van der Waals surface area contributed by atoms with Gasteiger partial charge in [0.15, 0.2) is 5.69 Å². The van der Waals surface area contributed by atoms with E-state index in [4.69, 9.17) is 4.74 Å². The highest BCUT2D eigenvalue weighted by molar-refractivity contribution is 5.73. The average molecular weight is 399 g/mol. The number of halogens is 3. The topological polar surface area (TPSA) is 72.3 Å². The Morgan fingerprint density at radius 3 is 2.79 bits per heavy atom. The van der Waals surface area contributed by atoms with Crippen molar-refractivity contribution in [3.8, 4) is 5.88 Å². The summed E-state index contributed by atoms with van der Waals surface area (Å²) < 4.78 is 45.8. The number of amides is 2. The van der Waals surface area contributed by atoms with Gasteiger partial charge in [-0.25, -0.2) is 9.78 Å². The van der Waals surface area contributed by atoms with Gasteiger partial charge in [-0.1, -0.05) is 6.92 Å². The number of alkyl halides is 3. The van der Waals surface area contributed by atoms with Gasteiger partial charge in [0, 0.05) is 44.7 Å². The normalized spacial score (nSPS) is 12.5. The molecule has 0 saturated heterocycles. The number of nitrogens with zero attached hydrogens (tertiary/aromatic N) is 4. The van der Waals surface area contributed by atoms with E-state index in [1.807, 2.05) is 13.8 Å². The zero-order chi connectivity index (χ0) is 20.9. The third-order valence-electron chi connectivity index (χ3n) is 4.07. The minimum Gasteiger partial charge on any atom is -0.475 e. The van der Waals surface area contributed by atoms with Gasteiger partial charge in [0.2, 0.25) is 5.88 Å². The molecule has 28 heavy (non-hydrogen) atoms. The molecule has 7 nitrogen and oxygen atoms in total. The number of pyridine rings is 1. The molecule has 2 aromatic rings. The van der Waals surface area contributed by atoms with E-state index in [2.05, 4.69) is 15.4 Å². The van der Waals surface area contributed by atoms with Crippen LogP contribution in [0.3, 0.4) is 0 Å². The Labute approximate surface area is 161 Å². The van der Waals surface area contributed by atoms with Crippen LogP contribution in [0.2, 0.25) is 0 Å². The minimum atomic E-state index is -4.57. The predicted molar refractivity (Wildman–Crippen MR) is 96.5 cm³/mol. The monoisotopic (exact) mass is 399 g/mol. The van der Waals surface area contributed by atoms with Gasteiger partial charge in [-0.3, -0.25) is 4.68 Å². The van der Waals surface area contributed by atoms with E-state index < -0.39 is 17.9 Å². The number of aromatic nitrogens is 3. The molecule has 0 spiro atoms. The van der Waals surface area contributed by atoms with Crippen LogP contribution in [0.1, 0.15) is 37.1 Å². The quantitative estimate of drug-likeness (QED) is 0.775. The van der Waals surface area contributed by atoms with E-state index >= 15 is 0 Å². The third kappa shape index (κ3) is 5.86. The van der Waals surface area contributed by atoms with Crippen LogP contribution < -0.4 is 10.1 Å². The first-order chi connectivity index (χ1) is 13.1. The lowest BCUT2D eigenvalue weighted by Gasteiger charge is -2.18. The Bertz CT molecular complexity index is 807. The van der Waals surface area contributed by atoms with Gasteiger partial charge >= 0.3 is 12.2 Å². The Hall–Kier alpha value is -2.78. The summed E-state index contributed by atoms with van der Waals surface area (Å²) >= 11 is 0. The van der Waals surface area contributed by atoms with Crippen LogP contribution >= 0.6 is 0 Å². The molecule has 1 atom stereocenters. The van der Waals surface area contributed by atoms with Crippen molar-refractivity contribution in [1.82, 2.24) is 25.0 Å². The molecular formula is C18H24F3N5O2. The number of carbonyl (C=O) groups is 1. The van der Waals surface area contributed by atoms with Gasteiger partial charge in [-0.2, -0.15) is 18.3 Å². The summed E-state index contributed by atoms with van der Waals surface area (Å²) in [5, 5.41) is 6.11. The average Bonchev–Trinajstić information content (AvgIpc) is 3.00. The van der Waals surface area contributed by atoms with Crippen LogP contribution in [-0.2, 0) is 26.3 Å². The lowest BCUT2D eigenvalue weighted by Crippen LogP contribution is -2.36. The maximum atomic E-state index is 13.0. The molecule has 0 aliphatic rings. The van der Waals surface area contributed by atoms with Crippen LogP contribution in [0, 0.1) is 0 Å². The van der Waals surface area contributed by atoms with E-state index in [0.29, 0.717) is 5.88 Å². The van der Waals surface area contributed by atoms with Crippen LogP contribution in [0.25, 0.3) is 0 Å². The fourth-order valence-corrected chi connectivity index (χ4v) is 2.45. The van der Waals surface area contributed by atoms with E-state index in [0.717, 1.165) is 16.7 Å². The third-order valence-corrected chi connectivity index (χ3v) is 4.07. The summed E-state index contributed by atoms with van der Waals surface area (Å²) in [5.41, 5.74) is -0.288. The van der Waals surface area contributed by atoms with Gasteiger partial charge in [0.05, 0.1) is 12.6 Å². The summed E-state index contributed by atoms with van der Waals surface area (Å²) in [7, 11) is 2.83. The van der Waals surface area contributed by atoms with Gasteiger partial charge < -0.3 is 15.0 Å². The molecule has 0 aromatic carbocycles. The lowest BCUT2D eigenvalue weighted by atomic mass is 10.2. The zero-order valence-corrected chi connectivity index (χ0v) is 16.2. The molecule has 1 unspecified atom stereocenters. The molecule has 0 aliphatic carbocycles. The number of rotatable bonds is 7. The first-order valence-corrected chi connectivity index (χ1v) is 8.80. The Kier molecular flexibility index (Phi) is 6.87. The number of ether oxygens (including phenoxy) is 1. The molecule has 10 heteroatoms. The van der Waals surface area contributed by atoms with Crippen molar-refractivity contribution in [2.75, 3.05) is 7.05 Å². The molecular weight excluding hydrogens is 375 g/mol. The van der Waals surface area contributed by atoms with Crippen LogP contribution in [-0.4, -0.2) is 38.8 Å². The highest BCUT2D eigenvalue weighted by atomic mass is 19.4. The van der Waals surface area contributed by atoms with Gasteiger partial charge in [-0.15, -0.1) is 0 Å². The molecule has 1 N–H and O–H groups in total. The fourth-order valence-electron chi connectivity index (χ4n) is 2.45. The van der Waals surface area contributed by atoms with Crippen LogP contribution in [0.4, 0.5) is 18.0 Å². The maximum Gasteiger partial charge on any atom is 0.435 e. The highest BCUT2D eigenvalue weighted by Gasteiger charge is 2.37. The van der Waals surface area contributed by atoms with E-state index in [1.54, 1.807) is 18.3 Å². The highest BCUT2D eigenvalue weighted by Crippen LogP contribution is 2.31. The Morgan fingerprint density at radius 1 is 1.43 bits per heavy atom. The SMILES string of the molecule is CCC(C)Oc1cc(CNC(=O)N(C)Cc2cn(C)nc2C(F)(F)F)ccn1. The largest absolute Gasteiger partial charge is 0.475 e. The van der Waals surface area contributed by atoms with E-state index in [-0.39, 0.29) is 24.8 Å². The molecule has 2 rings (SSSR count). The second-order valence-corrected chi connectivity index (χ2v) is 6.53. The summed E-state index contributed by atoms with van der Waals surface area (Å²) in [6.45, 7) is 3.91. The second kappa shape index (κ2) is 8.94. The van der Waals surface area contributed by atoms with E-state index in [1.165, 1.54) is 25.2 Å². The number of nitrogens with one attached hydrogen (secondary N) is 1. The van der Waals surface area contributed by atoms with Gasteiger partial charge in [-0.05, 0) is 25.0 Å². The summed E-state index contributed by atoms with van der Waals surface area (Å²) in [6, 6.07) is 2.94. The maximum absolute atomic E-state index is 13.0. The number of carbonyl (C=O) groups excluding carboxylic acids is 1. The molecule has 0 fully saturated rings. The molecule has 154 valence electrons. The van der Waals surface area contributed by atoms with Crippen molar-refractivity contribution in [2.45, 2.75) is 45.6 Å². The Balaban J connectivity index is 1.96. The number of urea groups is 1. The first kappa shape index (κ1) is 21.5. The fraction of sp³-hybridized carbons (Fsp3) is 0.500. The predicted octanol–water partition coefficient (Wildman–Crippen LogP) is 3.35. The minimum absolute atomic E-state index is 0.0192. The zero-order valence-electron chi connectivity index (χ0n) is 16.2. The molecule has 2 heterocycles. The van der Waals surface area contributed by atoms with Crippen molar-refractivity contribution >= 4 is 6.03 Å². The summed E-state index contributed by atoms with van der Waals surface area (Å²) in [6.07, 6.45) is -0.883. The van der Waals surface area contributed by atoms with Gasteiger partial charge in [0.1, 0.15) is 0 Å². The van der Waals surface area contributed by atoms with Crippen LogP contribution in [0.15, 0.2) is 24.5 Å². The summed E-state index contributed by atoms with van der Waals surface area (Å²) in [5.74, 6) is 0.458. The molecule has 0 bridgehead atoms. The standard InChI is InChI=1S/C18H24F3N5O2/c1-5-12(2)28-15-8-13(6-7-22-15)9-23-17(27)25(3)10-14-11-26(4)24-16(14)18(19,20)21/h6-8,11-12H,5,9-10H2,1-4H3,(H,23,27). The van der Waals surface area contributed by atoms with Crippen molar-refractivity contribution < 1.29 is 22.7 Å². The number of hydrogen-bond donors (Lipinski definition) is 1. The number of aryl methyl sites for hydroxylation is 1. The van der Waals surface area contributed by atoms with Gasteiger partial charge in [0.25, 0.3) is 0 Å².